The Morgan fingerprint density at radius 3 is 2.12 bits per heavy atom. The number of rotatable bonds is 6. The third kappa shape index (κ3) is 3.64. The fourth-order valence-electron chi connectivity index (χ4n) is 1.42. The highest BCUT2D eigenvalue weighted by molar-refractivity contribution is 5.14. The predicted octanol–water partition coefficient (Wildman–Crippen LogP) is 1.89. The second kappa shape index (κ2) is 5.79. The molecule has 16 heavy (non-hydrogen) atoms. The van der Waals surface area contributed by atoms with Crippen LogP contribution < -0.4 is 0 Å². The monoisotopic (exact) mass is 224 g/mol. The van der Waals surface area contributed by atoms with Gasteiger partial charge in [0.1, 0.15) is 0 Å². The zero-order valence-corrected chi connectivity index (χ0v) is 8.61. The van der Waals surface area contributed by atoms with Gasteiger partial charge in [0.25, 0.3) is 0 Å². The van der Waals surface area contributed by atoms with Crippen LogP contribution in [0.25, 0.3) is 0 Å². The lowest BCUT2D eigenvalue weighted by atomic mass is 10.1. The van der Waals surface area contributed by atoms with Crippen LogP contribution in [-0.4, -0.2) is 16.0 Å². The normalized spacial score (nSPS) is 10.3. The van der Waals surface area contributed by atoms with Crippen LogP contribution in [0.5, 0.6) is 0 Å². The highest BCUT2D eigenvalue weighted by atomic mass is 16.7. The quantitative estimate of drug-likeness (QED) is 0.419. The van der Waals surface area contributed by atoms with Crippen molar-refractivity contribution in [1.29, 1.82) is 0 Å². The van der Waals surface area contributed by atoms with Crippen molar-refractivity contribution in [3.8, 4) is 0 Å². The highest BCUT2D eigenvalue weighted by Crippen LogP contribution is 2.08. The minimum absolute atomic E-state index is 0.0328. The third-order valence-electron chi connectivity index (χ3n) is 2.26. The molecule has 0 N–H and O–H groups in total. The molecule has 0 heterocycles. The van der Waals surface area contributed by atoms with Crippen molar-refractivity contribution in [1.82, 2.24) is 0 Å². The molecular weight excluding hydrogens is 212 g/mol. The molecule has 0 amide bonds. The number of benzene rings is 1. The molecule has 86 valence electrons. The van der Waals surface area contributed by atoms with Gasteiger partial charge in [0.2, 0.25) is 0 Å². The second-order valence-corrected chi connectivity index (χ2v) is 3.43. The highest BCUT2D eigenvalue weighted by Gasteiger charge is 2.30. The first-order chi connectivity index (χ1) is 7.61. The molecule has 0 aliphatic carbocycles. The molecule has 0 bridgehead atoms. The lowest BCUT2D eigenvalue weighted by molar-refractivity contribution is -0.743. The van der Waals surface area contributed by atoms with Gasteiger partial charge in [0, 0.05) is 0 Å². The minimum Gasteiger partial charge on any atom is -0.259 e. The summed E-state index contributed by atoms with van der Waals surface area (Å²) in [5.41, 5.74) is 1.04. The predicted molar refractivity (Wildman–Crippen MR) is 57.2 cm³/mol. The Kier molecular flexibility index (Phi) is 4.38. The van der Waals surface area contributed by atoms with Gasteiger partial charge in [0.05, 0.1) is 16.3 Å². The maximum atomic E-state index is 10.3. The summed E-state index contributed by atoms with van der Waals surface area (Å²) in [6.45, 7) is 0. The van der Waals surface area contributed by atoms with E-state index < -0.39 is 16.0 Å². The molecule has 6 heteroatoms. The Balaban J connectivity index is 2.40. The lowest BCUT2D eigenvalue weighted by Gasteiger charge is -2.02. The van der Waals surface area contributed by atoms with Crippen LogP contribution in [0.3, 0.4) is 0 Å². The van der Waals surface area contributed by atoms with E-state index in [0.29, 0.717) is 12.8 Å². The molecule has 6 nitrogen and oxygen atoms in total. The molecule has 0 saturated carbocycles. The minimum atomic E-state index is -1.68. The van der Waals surface area contributed by atoms with E-state index in [-0.39, 0.29) is 6.42 Å². The van der Waals surface area contributed by atoms with Crippen LogP contribution in [0.4, 0.5) is 0 Å². The molecule has 0 aliphatic heterocycles. The van der Waals surface area contributed by atoms with Crippen LogP contribution in [-0.2, 0) is 6.42 Å². The Morgan fingerprint density at radius 2 is 1.62 bits per heavy atom. The van der Waals surface area contributed by atoms with Gasteiger partial charge in [-0.05, 0) is 18.4 Å². The molecule has 0 aromatic heterocycles. The Bertz CT molecular complexity index is 352. The standard InChI is InChI=1S/C10H12N2O4/c13-11(14)10(12(15)16)8-4-7-9-5-2-1-3-6-9/h1-3,5-6,10H,4,7-8H2. The van der Waals surface area contributed by atoms with Crippen molar-refractivity contribution in [3.63, 3.8) is 0 Å². The van der Waals surface area contributed by atoms with E-state index >= 15 is 0 Å². The van der Waals surface area contributed by atoms with Crippen LogP contribution in [0.1, 0.15) is 18.4 Å². The summed E-state index contributed by atoms with van der Waals surface area (Å²) in [5.74, 6) is 0. The van der Waals surface area contributed by atoms with Crippen LogP contribution in [0.15, 0.2) is 30.3 Å². The van der Waals surface area contributed by atoms with Crippen LogP contribution >= 0.6 is 0 Å². The van der Waals surface area contributed by atoms with Gasteiger partial charge in [-0.2, -0.15) is 0 Å². The molecule has 0 atom stereocenters. The summed E-state index contributed by atoms with van der Waals surface area (Å²) >= 11 is 0. The van der Waals surface area contributed by atoms with Gasteiger partial charge in [-0.3, -0.25) is 20.2 Å². The van der Waals surface area contributed by atoms with Crippen molar-refractivity contribution in [2.24, 2.45) is 0 Å². The van der Waals surface area contributed by atoms with E-state index in [1.807, 2.05) is 30.3 Å². The summed E-state index contributed by atoms with van der Waals surface area (Å²) < 4.78 is 0. The summed E-state index contributed by atoms with van der Waals surface area (Å²) in [6.07, 6.45) is -0.645. The van der Waals surface area contributed by atoms with Crippen molar-refractivity contribution in [2.45, 2.75) is 25.4 Å². The fourth-order valence-corrected chi connectivity index (χ4v) is 1.42. The zero-order valence-electron chi connectivity index (χ0n) is 8.61. The zero-order chi connectivity index (χ0) is 12.0. The van der Waals surface area contributed by atoms with E-state index in [1.54, 1.807) is 0 Å². The van der Waals surface area contributed by atoms with Gasteiger partial charge in [-0.15, -0.1) is 0 Å². The first-order valence-electron chi connectivity index (χ1n) is 4.92. The molecule has 0 spiro atoms. The van der Waals surface area contributed by atoms with Crippen molar-refractivity contribution in [2.75, 3.05) is 0 Å². The van der Waals surface area contributed by atoms with E-state index in [9.17, 15) is 20.2 Å². The van der Waals surface area contributed by atoms with Gasteiger partial charge in [-0.25, -0.2) is 0 Å². The number of nitro groups is 2. The largest absolute Gasteiger partial charge is 0.450 e. The molecule has 1 aromatic rings. The number of nitrogens with zero attached hydrogens (tertiary/aromatic N) is 2. The van der Waals surface area contributed by atoms with Gasteiger partial charge >= 0.3 is 6.17 Å². The van der Waals surface area contributed by atoms with Crippen molar-refractivity contribution >= 4 is 0 Å². The molecular formula is C10H12N2O4. The van der Waals surface area contributed by atoms with E-state index in [4.69, 9.17) is 0 Å². The van der Waals surface area contributed by atoms with E-state index in [0.717, 1.165) is 5.56 Å². The average Bonchev–Trinajstić information content (AvgIpc) is 2.24. The molecule has 1 rings (SSSR count). The third-order valence-corrected chi connectivity index (χ3v) is 2.26. The molecule has 0 aliphatic rings. The smallest absolute Gasteiger partial charge is 0.259 e. The fraction of sp³-hybridized carbons (Fsp3) is 0.400. The van der Waals surface area contributed by atoms with Gasteiger partial charge < -0.3 is 0 Å². The topological polar surface area (TPSA) is 86.3 Å². The maximum absolute atomic E-state index is 10.3. The second-order valence-electron chi connectivity index (χ2n) is 3.43. The van der Waals surface area contributed by atoms with Crippen LogP contribution in [0, 0.1) is 20.2 Å². The number of hydrogen-bond acceptors (Lipinski definition) is 4. The Labute approximate surface area is 92.2 Å². The number of hydrogen-bond donors (Lipinski definition) is 0. The molecule has 0 saturated heterocycles. The first-order valence-corrected chi connectivity index (χ1v) is 4.92. The van der Waals surface area contributed by atoms with Gasteiger partial charge in [0.15, 0.2) is 0 Å². The summed E-state index contributed by atoms with van der Waals surface area (Å²) in [6, 6.07) is 9.41. The van der Waals surface area contributed by atoms with E-state index in [2.05, 4.69) is 0 Å². The number of aryl methyl sites for hydroxylation is 1. The molecule has 0 radical (unpaired) electrons. The summed E-state index contributed by atoms with van der Waals surface area (Å²) in [5, 5.41) is 20.7. The molecule has 1 aromatic carbocycles. The molecule has 0 fully saturated rings. The summed E-state index contributed by atoms with van der Waals surface area (Å²) in [4.78, 5) is 19.0. The Morgan fingerprint density at radius 1 is 1.06 bits per heavy atom. The van der Waals surface area contributed by atoms with E-state index in [1.165, 1.54) is 0 Å². The summed E-state index contributed by atoms with van der Waals surface area (Å²) in [7, 11) is 0. The Hall–Kier alpha value is -1.98. The molecule has 0 unspecified atom stereocenters. The maximum Gasteiger partial charge on any atom is 0.450 e. The average molecular weight is 224 g/mol. The van der Waals surface area contributed by atoms with Crippen LogP contribution in [0.2, 0.25) is 0 Å². The van der Waals surface area contributed by atoms with Crippen molar-refractivity contribution < 1.29 is 9.85 Å². The van der Waals surface area contributed by atoms with Gasteiger partial charge in [-0.1, -0.05) is 30.3 Å². The first kappa shape index (κ1) is 12.1. The lowest BCUT2D eigenvalue weighted by Crippen LogP contribution is -2.28. The van der Waals surface area contributed by atoms with Crippen molar-refractivity contribution in [3.05, 3.63) is 56.1 Å². The SMILES string of the molecule is O=[N+]([O-])C(CCCc1ccccc1)[N+](=O)[O-].